The molecule has 0 unspecified atom stereocenters. The summed E-state index contributed by atoms with van der Waals surface area (Å²) < 4.78 is 5.80. The van der Waals surface area contributed by atoms with E-state index in [0.29, 0.717) is 18.4 Å². The molecule has 0 radical (unpaired) electrons. The van der Waals surface area contributed by atoms with E-state index < -0.39 is 0 Å². The number of nitrogens with zero attached hydrogens (tertiary/aromatic N) is 1. The van der Waals surface area contributed by atoms with Crippen molar-refractivity contribution in [2.45, 2.75) is 47.1 Å². The first-order chi connectivity index (χ1) is 11.9. The average molecular weight is 342 g/mol. The lowest BCUT2D eigenvalue weighted by Crippen LogP contribution is -2.35. The Balaban J connectivity index is 1.91. The van der Waals surface area contributed by atoms with Crippen molar-refractivity contribution in [1.29, 1.82) is 0 Å². The quantitative estimate of drug-likeness (QED) is 0.889. The molecule has 3 rings (SSSR count). The van der Waals surface area contributed by atoms with Crippen LogP contribution < -0.4 is 10.2 Å². The van der Waals surface area contributed by atoms with Crippen molar-refractivity contribution < 1.29 is 4.74 Å². The van der Waals surface area contributed by atoms with E-state index in [4.69, 9.17) is 4.74 Å². The molecule has 2 heterocycles. The number of aromatic amines is 1. The van der Waals surface area contributed by atoms with Gasteiger partial charge in [-0.25, -0.2) is 0 Å². The van der Waals surface area contributed by atoms with E-state index in [1.165, 1.54) is 12.8 Å². The summed E-state index contributed by atoms with van der Waals surface area (Å²) >= 11 is 0. The van der Waals surface area contributed by atoms with Gasteiger partial charge < -0.3 is 9.72 Å². The Labute approximate surface area is 150 Å². The van der Waals surface area contributed by atoms with Gasteiger partial charge in [-0.2, -0.15) is 0 Å². The van der Waals surface area contributed by atoms with E-state index in [2.05, 4.69) is 30.7 Å². The second-order valence-electron chi connectivity index (χ2n) is 7.95. The van der Waals surface area contributed by atoms with Gasteiger partial charge in [0.1, 0.15) is 5.75 Å². The van der Waals surface area contributed by atoms with Crippen molar-refractivity contribution in [3.8, 4) is 5.75 Å². The van der Waals surface area contributed by atoms with Crippen molar-refractivity contribution in [1.82, 2.24) is 9.88 Å². The van der Waals surface area contributed by atoms with Crippen LogP contribution in [-0.2, 0) is 6.54 Å². The summed E-state index contributed by atoms with van der Waals surface area (Å²) in [5, 5.41) is 0.729. The molecule has 1 aromatic heterocycles. The number of benzene rings is 1. The van der Waals surface area contributed by atoms with Crippen LogP contribution in [0.1, 0.15) is 44.9 Å². The second-order valence-corrected chi connectivity index (χ2v) is 7.95. The fraction of sp³-hybridized carbons (Fsp3) is 0.571. The minimum absolute atomic E-state index is 0.138. The smallest absolute Gasteiger partial charge is 0.194 e. The van der Waals surface area contributed by atoms with Crippen LogP contribution in [0.15, 0.2) is 23.0 Å². The van der Waals surface area contributed by atoms with Crippen molar-refractivity contribution in [3.63, 3.8) is 0 Å². The van der Waals surface area contributed by atoms with Crippen molar-refractivity contribution in [2.24, 2.45) is 11.8 Å². The molecule has 1 atom stereocenters. The number of pyridine rings is 1. The Morgan fingerprint density at radius 2 is 2.16 bits per heavy atom. The molecule has 1 aromatic carbocycles. The maximum Gasteiger partial charge on any atom is 0.194 e. The van der Waals surface area contributed by atoms with E-state index in [1.807, 2.05) is 25.1 Å². The minimum atomic E-state index is 0.138. The lowest BCUT2D eigenvalue weighted by atomic mass is 9.99. The summed E-state index contributed by atoms with van der Waals surface area (Å²) in [4.78, 5) is 18.9. The zero-order valence-corrected chi connectivity index (χ0v) is 15.9. The number of ether oxygens (including phenoxy) is 1. The van der Waals surface area contributed by atoms with E-state index in [1.54, 1.807) is 0 Å². The number of likely N-dealkylation sites (tertiary alicyclic amines) is 1. The number of H-pyrrole nitrogens is 1. The molecule has 136 valence electrons. The third kappa shape index (κ3) is 4.24. The summed E-state index contributed by atoms with van der Waals surface area (Å²) in [5.74, 6) is 1.95. The van der Waals surface area contributed by atoms with Gasteiger partial charge in [0.15, 0.2) is 5.43 Å². The number of fused-ring (bicyclic) bond motifs is 1. The SMILES string of the molecule is Cc1[nH]c2ccc(OCC(C)C)cc2c(=O)c1CN1CCC[C@H](C)C1. The Bertz CT molecular complexity index is 794. The summed E-state index contributed by atoms with van der Waals surface area (Å²) in [5.41, 5.74) is 2.89. The Morgan fingerprint density at radius 3 is 2.88 bits per heavy atom. The highest BCUT2D eigenvalue weighted by Gasteiger charge is 2.19. The van der Waals surface area contributed by atoms with Crippen LogP contribution in [-0.4, -0.2) is 29.6 Å². The number of piperidine rings is 1. The normalized spacial score (nSPS) is 18.8. The molecule has 0 bridgehead atoms. The second kappa shape index (κ2) is 7.61. The molecule has 1 N–H and O–H groups in total. The first kappa shape index (κ1) is 18.0. The molecule has 0 saturated carbocycles. The third-order valence-corrected chi connectivity index (χ3v) is 4.99. The summed E-state index contributed by atoms with van der Waals surface area (Å²) in [6, 6.07) is 5.77. The van der Waals surface area contributed by atoms with Crippen LogP contribution in [0.3, 0.4) is 0 Å². The van der Waals surface area contributed by atoms with Gasteiger partial charge in [0.2, 0.25) is 0 Å². The lowest BCUT2D eigenvalue weighted by molar-refractivity contribution is 0.176. The fourth-order valence-electron chi connectivity index (χ4n) is 3.63. The largest absolute Gasteiger partial charge is 0.493 e. The zero-order chi connectivity index (χ0) is 18.0. The molecular formula is C21H30N2O2. The van der Waals surface area contributed by atoms with Crippen LogP contribution in [0, 0.1) is 18.8 Å². The van der Waals surface area contributed by atoms with Crippen LogP contribution in [0.5, 0.6) is 5.75 Å². The summed E-state index contributed by atoms with van der Waals surface area (Å²) in [6.07, 6.45) is 2.51. The molecule has 1 aliphatic rings. The minimum Gasteiger partial charge on any atom is -0.493 e. The highest BCUT2D eigenvalue weighted by Crippen LogP contribution is 2.21. The van der Waals surface area contributed by atoms with Gasteiger partial charge in [-0.1, -0.05) is 20.8 Å². The molecule has 2 aromatic rings. The third-order valence-electron chi connectivity index (χ3n) is 4.99. The predicted octanol–water partition coefficient (Wildman–Crippen LogP) is 4.10. The number of aryl methyl sites for hydroxylation is 1. The Hall–Kier alpha value is -1.81. The standard InChI is InChI=1S/C21H30N2O2/c1-14(2)13-25-17-7-8-20-18(10-17)21(24)19(16(4)22-20)12-23-9-5-6-15(3)11-23/h7-8,10,14-15H,5-6,9,11-13H2,1-4H3,(H,22,24)/t15-/m0/s1. The zero-order valence-electron chi connectivity index (χ0n) is 15.9. The molecule has 4 heteroatoms. The fourth-order valence-corrected chi connectivity index (χ4v) is 3.63. The maximum absolute atomic E-state index is 13.1. The highest BCUT2D eigenvalue weighted by molar-refractivity contribution is 5.81. The van der Waals surface area contributed by atoms with Crippen molar-refractivity contribution >= 4 is 10.9 Å². The molecule has 25 heavy (non-hydrogen) atoms. The predicted molar refractivity (Wildman–Crippen MR) is 103 cm³/mol. The van der Waals surface area contributed by atoms with E-state index in [0.717, 1.165) is 47.5 Å². The van der Waals surface area contributed by atoms with Crippen LogP contribution in [0.4, 0.5) is 0 Å². The lowest BCUT2D eigenvalue weighted by Gasteiger charge is -2.31. The van der Waals surface area contributed by atoms with Gasteiger partial charge in [0, 0.05) is 35.2 Å². The summed E-state index contributed by atoms with van der Waals surface area (Å²) in [7, 11) is 0. The monoisotopic (exact) mass is 342 g/mol. The molecule has 4 nitrogen and oxygen atoms in total. The maximum atomic E-state index is 13.1. The van der Waals surface area contributed by atoms with Crippen LogP contribution >= 0.6 is 0 Å². The topological polar surface area (TPSA) is 45.3 Å². The van der Waals surface area contributed by atoms with Crippen LogP contribution in [0.2, 0.25) is 0 Å². The van der Waals surface area contributed by atoms with Crippen molar-refractivity contribution in [3.05, 3.63) is 39.7 Å². The van der Waals surface area contributed by atoms with Gasteiger partial charge in [-0.3, -0.25) is 9.69 Å². The first-order valence-electron chi connectivity index (χ1n) is 9.44. The number of hydrogen-bond donors (Lipinski definition) is 1. The molecule has 0 amide bonds. The van der Waals surface area contributed by atoms with E-state index in [-0.39, 0.29) is 5.43 Å². The van der Waals surface area contributed by atoms with Gasteiger partial charge in [-0.05, 0) is 56.3 Å². The molecule has 1 saturated heterocycles. The number of nitrogens with one attached hydrogen (secondary N) is 1. The Morgan fingerprint density at radius 1 is 1.36 bits per heavy atom. The molecule has 1 aliphatic heterocycles. The molecule has 1 fully saturated rings. The van der Waals surface area contributed by atoms with Gasteiger partial charge in [-0.15, -0.1) is 0 Å². The number of hydrogen-bond acceptors (Lipinski definition) is 3. The molecule has 0 spiro atoms. The first-order valence-corrected chi connectivity index (χ1v) is 9.44. The Kier molecular flexibility index (Phi) is 5.48. The van der Waals surface area contributed by atoms with Gasteiger partial charge >= 0.3 is 0 Å². The number of aromatic nitrogens is 1. The molecular weight excluding hydrogens is 312 g/mol. The van der Waals surface area contributed by atoms with Crippen molar-refractivity contribution in [2.75, 3.05) is 19.7 Å². The van der Waals surface area contributed by atoms with Gasteiger partial charge in [0.05, 0.1) is 6.61 Å². The molecule has 0 aliphatic carbocycles. The van der Waals surface area contributed by atoms with E-state index in [9.17, 15) is 4.79 Å². The van der Waals surface area contributed by atoms with E-state index >= 15 is 0 Å². The van der Waals surface area contributed by atoms with Crippen LogP contribution in [0.25, 0.3) is 10.9 Å². The average Bonchev–Trinajstić information content (AvgIpc) is 2.57. The summed E-state index contributed by atoms with van der Waals surface area (Å²) in [6.45, 7) is 12.1. The number of rotatable bonds is 5. The van der Waals surface area contributed by atoms with Gasteiger partial charge in [0.25, 0.3) is 0 Å². The highest BCUT2D eigenvalue weighted by atomic mass is 16.5.